The van der Waals surface area contributed by atoms with Gasteiger partial charge in [-0.15, -0.1) is 0 Å². The number of rotatable bonds is 4. The molecule has 0 aliphatic heterocycles. The third-order valence-electron chi connectivity index (χ3n) is 3.29. The molecule has 0 saturated heterocycles. The van der Waals surface area contributed by atoms with Crippen molar-refractivity contribution in [2.24, 2.45) is 7.05 Å². The molecule has 0 aliphatic carbocycles. The molecule has 0 aliphatic rings. The van der Waals surface area contributed by atoms with Crippen LogP contribution in [0.25, 0.3) is 0 Å². The van der Waals surface area contributed by atoms with Gasteiger partial charge in [-0.1, -0.05) is 18.5 Å². The van der Waals surface area contributed by atoms with Gasteiger partial charge >= 0.3 is 0 Å². The Labute approximate surface area is 133 Å². The van der Waals surface area contributed by atoms with Crippen molar-refractivity contribution in [1.29, 1.82) is 0 Å². The predicted molar refractivity (Wildman–Crippen MR) is 85.5 cm³/mol. The second-order valence-electron chi connectivity index (χ2n) is 4.84. The van der Waals surface area contributed by atoms with E-state index in [0.717, 1.165) is 44.2 Å². The number of hydrogen-bond donors (Lipinski definition) is 0. The van der Waals surface area contributed by atoms with Crippen molar-refractivity contribution >= 4 is 27.5 Å². The highest BCUT2D eigenvalue weighted by atomic mass is 79.9. The average molecular weight is 358 g/mol. The van der Waals surface area contributed by atoms with Crippen molar-refractivity contribution in [2.75, 3.05) is 0 Å². The van der Waals surface area contributed by atoms with E-state index >= 15 is 0 Å². The summed E-state index contributed by atoms with van der Waals surface area (Å²) < 4.78 is 8.77. The molecule has 1 heterocycles. The van der Waals surface area contributed by atoms with E-state index in [-0.39, 0.29) is 0 Å². The van der Waals surface area contributed by atoms with Crippen molar-refractivity contribution < 1.29 is 4.74 Å². The quantitative estimate of drug-likeness (QED) is 0.800. The van der Waals surface area contributed by atoms with Crippen LogP contribution in [0.2, 0.25) is 5.02 Å². The Hall–Kier alpha value is -1.000. The van der Waals surface area contributed by atoms with Crippen molar-refractivity contribution in [3.8, 4) is 5.75 Å². The standard InChI is InChI=1S/C15H18BrClN2O/c1-5-12-14(16)13(19(4)18-12)8-20-11-6-9(2)15(17)10(3)7-11/h6-7H,5,8H2,1-4H3. The highest BCUT2D eigenvalue weighted by molar-refractivity contribution is 9.10. The number of nitrogens with zero attached hydrogens (tertiary/aromatic N) is 2. The maximum Gasteiger partial charge on any atom is 0.131 e. The third-order valence-corrected chi connectivity index (χ3v) is 4.80. The zero-order valence-corrected chi connectivity index (χ0v) is 14.5. The summed E-state index contributed by atoms with van der Waals surface area (Å²) in [5.74, 6) is 0.829. The van der Waals surface area contributed by atoms with Gasteiger partial charge in [0.05, 0.1) is 15.9 Å². The fourth-order valence-electron chi connectivity index (χ4n) is 2.12. The molecule has 1 aromatic carbocycles. The number of benzene rings is 1. The van der Waals surface area contributed by atoms with Crippen LogP contribution < -0.4 is 4.74 Å². The lowest BCUT2D eigenvalue weighted by molar-refractivity contribution is 0.293. The second-order valence-corrected chi connectivity index (χ2v) is 6.02. The van der Waals surface area contributed by atoms with E-state index in [0.29, 0.717) is 6.61 Å². The fourth-order valence-corrected chi connectivity index (χ4v) is 2.96. The fraction of sp³-hybridized carbons (Fsp3) is 0.400. The van der Waals surface area contributed by atoms with Crippen LogP contribution in [0.15, 0.2) is 16.6 Å². The van der Waals surface area contributed by atoms with Crippen LogP contribution >= 0.6 is 27.5 Å². The largest absolute Gasteiger partial charge is 0.487 e. The Balaban J connectivity index is 2.19. The Kier molecular flexibility index (Phi) is 4.76. The van der Waals surface area contributed by atoms with Crippen molar-refractivity contribution in [1.82, 2.24) is 9.78 Å². The van der Waals surface area contributed by atoms with E-state index in [1.165, 1.54) is 0 Å². The van der Waals surface area contributed by atoms with Crippen LogP contribution in [0.1, 0.15) is 29.4 Å². The summed E-state index contributed by atoms with van der Waals surface area (Å²) in [4.78, 5) is 0. The molecular weight excluding hydrogens is 340 g/mol. The minimum atomic E-state index is 0.477. The van der Waals surface area contributed by atoms with E-state index in [2.05, 4.69) is 28.0 Å². The zero-order chi connectivity index (χ0) is 14.9. The number of ether oxygens (including phenoxy) is 1. The molecule has 0 saturated carbocycles. The number of aryl methyl sites for hydroxylation is 4. The Bertz CT molecular complexity index is 614. The normalized spacial score (nSPS) is 10.9. The molecule has 3 nitrogen and oxygen atoms in total. The number of hydrogen-bond acceptors (Lipinski definition) is 2. The van der Waals surface area contributed by atoms with Gasteiger partial charge in [0.1, 0.15) is 12.4 Å². The van der Waals surface area contributed by atoms with Gasteiger partial charge in [-0.2, -0.15) is 5.10 Å². The second kappa shape index (κ2) is 6.19. The molecule has 0 N–H and O–H groups in total. The lowest BCUT2D eigenvalue weighted by atomic mass is 10.1. The minimum Gasteiger partial charge on any atom is -0.487 e. The molecule has 1 aromatic heterocycles. The number of aromatic nitrogens is 2. The molecule has 5 heteroatoms. The first-order chi connectivity index (χ1) is 9.43. The van der Waals surface area contributed by atoms with E-state index in [9.17, 15) is 0 Å². The van der Waals surface area contributed by atoms with Gasteiger partial charge in [0, 0.05) is 12.1 Å². The summed E-state index contributed by atoms with van der Waals surface area (Å²) in [7, 11) is 1.93. The van der Waals surface area contributed by atoms with Crippen LogP contribution in [0.5, 0.6) is 5.75 Å². The molecule has 0 fully saturated rings. The molecule has 2 aromatic rings. The molecule has 20 heavy (non-hydrogen) atoms. The average Bonchev–Trinajstić information content (AvgIpc) is 2.68. The lowest BCUT2D eigenvalue weighted by Crippen LogP contribution is -2.04. The molecule has 0 bridgehead atoms. The van der Waals surface area contributed by atoms with Gasteiger partial charge in [-0.3, -0.25) is 4.68 Å². The molecular formula is C15H18BrClN2O. The number of halogens is 2. The maximum absolute atomic E-state index is 6.16. The van der Waals surface area contributed by atoms with E-state index in [4.69, 9.17) is 16.3 Å². The van der Waals surface area contributed by atoms with Crippen LogP contribution in [0, 0.1) is 13.8 Å². The van der Waals surface area contributed by atoms with Crippen LogP contribution in [-0.2, 0) is 20.1 Å². The summed E-state index contributed by atoms with van der Waals surface area (Å²) in [6.07, 6.45) is 0.896. The first-order valence-electron chi connectivity index (χ1n) is 6.53. The Morgan fingerprint density at radius 1 is 1.30 bits per heavy atom. The Morgan fingerprint density at radius 3 is 2.40 bits per heavy atom. The Morgan fingerprint density at radius 2 is 1.90 bits per heavy atom. The first-order valence-corrected chi connectivity index (χ1v) is 7.71. The summed E-state index contributed by atoms with van der Waals surface area (Å²) in [6.45, 7) is 6.53. The van der Waals surface area contributed by atoms with Gasteiger partial charge < -0.3 is 4.74 Å². The first kappa shape index (κ1) is 15.4. The topological polar surface area (TPSA) is 27.1 Å². The molecule has 2 rings (SSSR count). The summed E-state index contributed by atoms with van der Waals surface area (Å²) in [5, 5.41) is 5.26. The monoisotopic (exact) mass is 356 g/mol. The third kappa shape index (κ3) is 3.01. The summed E-state index contributed by atoms with van der Waals surface area (Å²) in [5.41, 5.74) is 4.14. The van der Waals surface area contributed by atoms with Crippen molar-refractivity contribution in [2.45, 2.75) is 33.8 Å². The van der Waals surface area contributed by atoms with Gasteiger partial charge in [0.2, 0.25) is 0 Å². The van der Waals surface area contributed by atoms with Gasteiger partial charge in [-0.25, -0.2) is 0 Å². The maximum atomic E-state index is 6.16. The van der Waals surface area contributed by atoms with Crippen LogP contribution in [0.4, 0.5) is 0 Å². The van der Waals surface area contributed by atoms with Crippen molar-refractivity contribution in [3.05, 3.63) is 44.1 Å². The lowest BCUT2D eigenvalue weighted by Gasteiger charge is -2.10. The molecule has 0 unspecified atom stereocenters. The molecule has 0 atom stereocenters. The molecule has 0 amide bonds. The summed E-state index contributed by atoms with van der Waals surface area (Å²) in [6, 6.07) is 3.92. The molecule has 108 valence electrons. The van der Waals surface area contributed by atoms with Gasteiger partial charge in [0.25, 0.3) is 0 Å². The predicted octanol–water partition coefficient (Wildman–Crippen LogP) is 4.59. The van der Waals surface area contributed by atoms with Gasteiger partial charge in [-0.05, 0) is 59.5 Å². The van der Waals surface area contributed by atoms with Gasteiger partial charge in [0.15, 0.2) is 0 Å². The minimum absolute atomic E-state index is 0.477. The molecule has 0 radical (unpaired) electrons. The highest BCUT2D eigenvalue weighted by Crippen LogP contribution is 2.27. The van der Waals surface area contributed by atoms with E-state index < -0.39 is 0 Å². The smallest absolute Gasteiger partial charge is 0.131 e. The zero-order valence-electron chi connectivity index (χ0n) is 12.1. The van der Waals surface area contributed by atoms with Crippen LogP contribution in [0.3, 0.4) is 0 Å². The molecule has 0 spiro atoms. The summed E-state index contributed by atoms with van der Waals surface area (Å²) >= 11 is 9.75. The SMILES string of the molecule is CCc1nn(C)c(COc2cc(C)c(Cl)c(C)c2)c1Br. The van der Waals surface area contributed by atoms with E-state index in [1.807, 2.05) is 37.7 Å². The van der Waals surface area contributed by atoms with Crippen LogP contribution in [-0.4, -0.2) is 9.78 Å². The van der Waals surface area contributed by atoms with E-state index in [1.54, 1.807) is 0 Å². The highest BCUT2D eigenvalue weighted by Gasteiger charge is 2.13. The van der Waals surface area contributed by atoms with Crippen molar-refractivity contribution in [3.63, 3.8) is 0 Å².